The van der Waals surface area contributed by atoms with Gasteiger partial charge in [0.2, 0.25) is 11.7 Å². The Morgan fingerprint density at radius 1 is 1.20 bits per heavy atom. The number of ether oxygens (including phenoxy) is 1. The maximum Gasteiger partial charge on any atom is 0.310 e. The van der Waals surface area contributed by atoms with Crippen LogP contribution >= 0.6 is 0 Å². The monoisotopic (exact) mass is 409 g/mol. The molecule has 3 heterocycles. The van der Waals surface area contributed by atoms with Gasteiger partial charge in [-0.25, -0.2) is 14.6 Å². The summed E-state index contributed by atoms with van der Waals surface area (Å²) in [7, 11) is 0. The van der Waals surface area contributed by atoms with Gasteiger partial charge in [0.15, 0.2) is 0 Å². The molecule has 1 atom stereocenters. The van der Waals surface area contributed by atoms with Crippen LogP contribution in [0.1, 0.15) is 32.8 Å². The highest BCUT2D eigenvalue weighted by Gasteiger charge is 2.28. The Morgan fingerprint density at radius 2 is 1.93 bits per heavy atom. The van der Waals surface area contributed by atoms with Crippen LogP contribution in [-0.4, -0.2) is 36.1 Å². The van der Waals surface area contributed by atoms with Gasteiger partial charge in [-0.1, -0.05) is 18.2 Å². The van der Waals surface area contributed by atoms with E-state index in [4.69, 9.17) is 4.74 Å². The Balaban J connectivity index is 1.78. The first-order chi connectivity index (χ1) is 14.3. The van der Waals surface area contributed by atoms with Crippen LogP contribution in [0.5, 0.6) is 11.5 Å². The normalized spacial score (nSPS) is 14.4. The number of hydrogen-bond donors (Lipinski definition) is 2. The molecule has 0 saturated carbocycles. The van der Waals surface area contributed by atoms with Crippen molar-refractivity contribution < 1.29 is 9.84 Å². The van der Waals surface area contributed by atoms with Crippen molar-refractivity contribution in [2.45, 2.75) is 58.8 Å². The van der Waals surface area contributed by atoms with E-state index in [1.807, 2.05) is 42.8 Å². The van der Waals surface area contributed by atoms with Crippen molar-refractivity contribution in [2.75, 3.05) is 5.32 Å². The quantitative estimate of drug-likeness (QED) is 0.649. The van der Waals surface area contributed by atoms with Gasteiger partial charge in [-0.2, -0.15) is 0 Å². The second kappa shape index (κ2) is 7.60. The van der Waals surface area contributed by atoms with Gasteiger partial charge in [-0.05, 0) is 51.8 Å². The van der Waals surface area contributed by atoms with Crippen molar-refractivity contribution >= 4 is 5.95 Å². The zero-order valence-corrected chi connectivity index (χ0v) is 17.7. The summed E-state index contributed by atoms with van der Waals surface area (Å²) in [6, 6.07) is 9.12. The average molecular weight is 409 g/mol. The van der Waals surface area contributed by atoms with Crippen LogP contribution in [0, 0.1) is 6.92 Å². The number of anilines is 1. The van der Waals surface area contributed by atoms with Crippen LogP contribution in [0.3, 0.4) is 0 Å². The van der Waals surface area contributed by atoms with Gasteiger partial charge in [0, 0.05) is 19.3 Å². The molecule has 0 radical (unpaired) electrons. The smallest absolute Gasteiger partial charge is 0.310 e. The lowest BCUT2D eigenvalue weighted by atomic mass is 10.0. The lowest BCUT2D eigenvalue weighted by molar-refractivity contribution is 0.0646. The average Bonchev–Trinajstić information content (AvgIpc) is 3.26. The van der Waals surface area contributed by atoms with Crippen LogP contribution < -0.4 is 15.6 Å². The Morgan fingerprint density at radius 3 is 2.67 bits per heavy atom. The van der Waals surface area contributed by atoms with Crippen molar-refractivity contribution in [3.8, 4) is 22.9 Å². The van der Waals surface area contributed by atoms with E-state index < -0.39 is 5.60 Å². The third kappa shape index (κ3) is 3.70. The molecule has 1 aromatic carbocycles. The second-order valence-electron chi connectivity index (χ2n) is 8.24. The predicted octanol–water partition coefficient (Wildman–Crippen LogP) is 3.18. The highest BCUT2D eigenvalue weighted by atomic mass is 16.5. The summed E-state index contributed by atoms with van der Waals surface area (Å²) in [5.74, 6) is 1.29. The minimum Gasteiger partial charge on any atom is -0.449 e. The third-order valence-corrected chi connectivity index (χ3v) is 5.54. The summed E-state index contributed by atoms with van der Waals surface area (Å²) in [6.07, 6.45) is 2.53. The molecule has 8 nitrogen and oxygen atoms in total. The molecule has 1 aliphatic heterocycles. The molecule has 0 amide bonds. The van der Waals surface area contributed by atoms with E-state index in [0.29, 0.717) is 36.2 Å². The number of rotatable bonds is 6. The van der Waals surface area contributed by atoms with E-state index in [2.05, 4.69) is 15.3 Å². The molecular weight excluding hydrogens is 382 g/mol. The van der Waals surface area contributed by atoms with E-state index in [9.17, 15) is 9.90 Å². The van der Waals surface area contributed by atoms with Crippen LogP contribution in [0.4, 0.5) is 5.95 Å². The molecule has 0 saturated heterocycles. The van der Waals surface area contributed by atoms with Gasteiger partial charge < -0.3 is 15.2 Å². The molecule has 8 heteroatoms. The van der Waals surface area contributed by atoms with Crippen molar-refractivity contribution in [3.05, 3.63) is 52.4 Å². The SMILES string of the molecule is Cc1ccccc1Oc1c(-c2ccnc(N[C@@H](C)C(C)(C)O)n2)n2n(c1=O)CCC2. The summed E-state index contributed by atoms with van der Waals surface area (Å²) in [4.78, 5) is 22.0. The number of aryl methyl sites for hydroxylation is 1. The molecule has 30 heavy (non-hydrogen) atoms. The van der Waals surface area contributed by atoms with Crippen molar-refractivity contribution in [1.29, 1.82) is 0 Å². The number of fused-ring (bicyclic) bond motifs is 1. The number of nitrogens with zero attached hydrogens (tertiary/aromatic N) is 4. The van der Waals surface area contributed by atoms with Gasteiger partial charge in [-0.15, -0.1) is 0 Å². The third-order valence-electron chi connectivity index (χ3n) is 5.54. The zero-order chi connectivity index (χ0) is 21.5. The highest BCUT2D eigenvalue weighted by molar-refractivity contribution is 5.65. The first-order valence-electron chi connectivity index (χ1n) is 10.1. The molecule has 4 rings (SSSR count). The minimum atomic E-state index is -0.938. The Hall–Kier alpha value is -3.13. The van der Waals surface area contributed by atoms with E-state index in [0.717, 1.165) is 12.0 Å². The minimum absolute atomic E-state index is 0.163. The van der Waals surface area contributed by atoms with E-state index in [1.165, 1.54) is 0 Å². The molecule has 0 unspecified atom stereocenters. The number of nitrogens with one attached hydrogen (secondary N) is 1. The highest BCUT2D eigenvalue weighted by Crippen LogP contribution is 2.33. The zero-order valence-electron chi connectivity index (χ0n) is 17.7. The number of benzene rings is 1. The summed E-state index contributed by atoms with van der Waals surface area (Å²) in [6.45, 7) is 8.62. The fraction of sp³-hybridized carbons (Fsp3) is 0.409. The fourth-order valence-corrected chi connectivity index (χ4v) is 3.44. The maximum atomic E-state index is 13.1. The molecule has 0 bridgehead atoms. The van der Waals surface area contributed by atoms with Crippen LogP contribution in [0.25, 0.3) is 11.4 Å². The topological polar surface area (TPSA) is 94.2 Å². The van der Waals surface area contributed by atoms with Gasteiger partial charge in [0.1, 0.15) is 11.4 Å². The first kappa shape index (κ1) is 20.2. The van der Waals surface area contributed by atoms with Gasteiger partial charge in [0.05, 0.1) is 17.3 Å². The lowest BCUT2D eigenvalue weighted by Crippen LogP contribution is -2.39. The van der Waals surface area contributed by atoms with Crippen LogP contribution in [0.15, 0.2) is 41.3 Å². The van der Waals surface area contributed by atoms with E-state index in [-0.39, 0.29) is 17.4 Å². The Bertz CT molecular complexity index is 1130. The van der Waals surface area contributed by atoms with Crippen LogP contribution in [-0.2, 0) is 13.1 Å². The van der Waals surface area contributed by atoms with Crippen molar-refractivity contribution in [1.82, 2.24) is 19.3 Å². The molecule has 3 aromatic rings. The van der Waals surface area contributed by atoms with E-state index in [1.54, 1.807) is 30.8 Å². The molecule has 0 fully saturated rings. The van der Waals surface area contributed by atoms with Crippen LogP contribution in [0.2, 0.25) is 0 Å². The molecule has 0 aliphatic carbocycles. The first-order valence-corrected chi connectivity index (χ1v) is 10.1. The molecule has 1 aliphatic rings. The predicted molar refractivity (Wildman–Crippen MR) is 115 cm³/mol. The number of para-hydroxylation sites is 1. The van der Waals surface area contributed by atoms with Gasteiger partial charge in [-0.3, -0.25) is 9.48 Å². The standard InChI is InChI=1S/C22H27N5O3/c1-14-8-5-6-9-17(14)30-19-18(26-12-7-13-27(26)20(19)28)16-10-11-23-21(25-16)24-15(2)22(3,4)29/h5-6,8-11,15,29H,7,12-13H2,1-4H3,(H,23,24,25)/t15-/m0/s1. The summed E-state index contributed by atoms with van der Waals surface area (Å²) < 4.78 is 9.76. The van der Waals surface area contributed by atoms with Gasteiger partial charge >= 0.3 is 5.56 Å². The molecule has 2 aromatic heterocycles. The fourth-order valence-electron chi connectivity index (χ4n) is 3.44. The number of hydrogen-bond acceptors (Lipinski definition) is 6. The summed E-state index contributed by atoms with van der Waals surface area (Å²) >= 11 is 0. The molecule has 158 valence electrons. The molecule has 2 N–H and O–H groups in total. The second-order valence-corrected chi connectivity index (χ2v) is 8.24. The van der Waals surface area contributed by atoms with Gasteiger partial charge in [0.25, 0.3) is 0 Å². The van der Waals surface area contributed by atoms with E-state index >= 15 is 0 Å². The largest absolute Gasteiger partial charge is 0.449 e. The Labute approximate surface area is 175 Å². The van der Waals surface area contributed by atoms with Crippen molar-refractivity contribution in [3.63, 3.8) is 0 Å². The number of aliphatic hydroxyl groups is 1. The molecular formula is C22H27N5O3. The molecule has 0 spiro atoms. The van der Waals surface area contributed by atoms with Crippen molar-refractivity contribution in [2.24, 2.45) is 0 Å². The summed E-state index contributed by atoms with van der Waals surface area (Å²) in [5.41, 5.74) is 1.08. The lowest BCUT2D eigenvalue weighted by Gasteiger charge is -2.26. The summed E-state index contributed by atoms with van der Waals surface area (Å²) in [5, 5.41) is 13.3. The number of aromatic nitrogens is 4. The maximum absolute atomic E-state index is 13.1. The Kier molecular flexibility index (Phi) is 5.11.